The van der Waals surface area contributed by atoms with Crippen molar-refractivity contribution in [2.45, 2.75) is 13.5 Å². The van der Waals surface area contributed by atoms with Crippen molar-refractivity contribution < 1.29 is 9.90 Å². The minimum atomic E-state index is -0.931. The lowest BCUT2D eigenvalue weighted by Crippen LogP contribution is -1.99. The number of aromatic carboxylic acids is 1. The first kappa shape index (κ1) is 9.45. The third kappa shape index (κ3) is 2.04. The second kappa shape index (κ2) is 3.56. The largest absolute Gasteiger partial charge is 0.478 e. The number of H-pyrrole nitrogens is 1. The van der Waals surface area contributed by atoms with Crippen LogP contribution >= 0.6 is 0 Å². The van der Waals surface area contributed by atoms with E-state index < -0.39 is 5.97 Å². The van der Waals surface area contributed by atoms with E-state index in [-0.39, 0.29) is 5.56 Å². The molecule has 2 heterocycles. The first-order chi connectivity index (χ1) is 7.15. The van der Waals surface area contributed by atoms with Crippen LogP contribution in [-0.4, -0.2) is 30.8 Å². The summed E-state index contributed by atoms with van der Waals surface area (Å²) >= 11 is 0. The minimum Gasteiger partial charge on any atom is -0.478 e. The van der Waals surface area contributed by atoms with Gasteiger partial charge in [-0.15, -0.1) is 0 Å². The summed E-state index contributed by atoms with van der Waals surface area (Å²) < 4.78 is 1.73. The third-order valence-corrected chi connectivity index (χ3v) is 1.96. The fourth-order valence-electron chi connectivity index (χ4n) is 1.29. The Morgan fingerprint density at radius 3 is 3.00 bits per heavy atom. The third-order valence-electron chi connectivity index (χ3n) is 1.96. The van der Waals surface area contributed by atoms with Crippen LogP contribution in [0.5, 0.6) is 0 Å². The topological polar surface area (TPSA) is 83.8 Å². The summed E-state index contributed by atoms with van der Waals surface area (Å²) in [6.45, 7) is 2.28. The number of carbonyl (C=O) groups is 1. The van der Waals surface area contributed by atoms with Crippen molar-refractivity contribution in [2.75, 3.05) is 0 Å². The number of aryl methyl sites for hydroxylation is 1. The van der Waals surface area contributed by atoms with E-state index in [1.165, 1.54) is 0 Å². The highest BCUT2D eigenvalue weighted by Crippen LogP contribution is 2.03. The Hall–Kier alpha value is -2.11. The van der Waals surface area contributed by atoms with Gasteiger partial charge in [0, 0.05) is 12.4 Å². The van der Waals surface area contributed by atoms with Crippen molar-refractivity contribution in [3.05, 3.63) is 35.7 Å². The van der Waals surface area contributed by atoms with Gasteiger partial charge in [0.25, 0.3) is 0 Å². The van der Waals surface area contributed by atoms with Crippen LogP contribution in [0.15, 0.2) is 18.5 Å². The van der Waals surface area contributed by atoms with Crippen molar-refractivity contribution in [1.29, 1.82) is 0 Å². The van der Waals surface area contributed by atoms with Crippen molar-refractivity contribution in [1.82, 2.24) is 19.7 Å². The molecule has 2 aromatic rings. The Morgan fingerprint density at radius 2 is 2.47 bits per heavy atom. The van der Waals surface area contributed by atoms with Crippen molar-refractivity contribution in [2.24, 2.45) is 0 Å². The molecule has 2 rings (SSSR count). The molecule has 0 aliphatic rings. The Bertz CT molecular complexity index is 486. The van der Waals surface area contributed by atoms with Gasteiger partial charge in [0.2, 0.25) is 0 Å². The number of carboxylic acid groups (broad SMARTS) is 1. The lowest BCUT2D eigenvalue weighted by atomic mass is 10.4. The van der Waals surface area contributed by atoms with Crippen LogP contribution in [0, 0.1) is 6.92 Å². The quantitative estimate of drug-likeness (QED) is 0.772. The van der Waals surface area contributed by atoms with Gasteiger partial charge in [-0.1, -0.05) is 0 Å². The van der Waals surface area contributed by atoms with Gasteiger partial charge in [0.15, 0.2) is 5.82 Å². The molecule has 0 aromatic carbocycles. The normalized spacial score (nSPS) is 10.5. The summed E-state index contributed by atoms with van der Waals surface area (Å²) in [6.07, 6.45) is 3.24. The number of hydrogen-bond donors (Lipinski definition) is 2. The van der Waals surface area contributed by atoms with Gasteiger partial charge in [-0.2, -0.15) is 5.10 Å². The Kier molecular flexibility index (Phi) is 2.24. The average Bonchev–Trinajstić information content (AvgIpc) is 2.76. The molecule has 0 aliphatic carbocycles. The second-order valence-electron chi connectivity index (χ2n) is 3.21. The molecule has 15 heavy (non-hydrogen) atoms. The number of aromatic nitrogens is 4. The van der Waals surface area contributed by atoms with Crippen LogP contribution in [0.25, 0.3) is 0 Å². The molecule has 0 spiro atoms. The highest BCUT2D eigenvalue weighted by Gasteiger charge is 2.06. The van der Waals surface area contributed by atoms with Crippen molar-refractivity contribution in [3.8, 4) is 0 Å². The van der Waals surface area contributed by atoms with Gasteiger partial charge in [-0.25, -0.2) is 9.78 Å². The smallest absolute Gasteiger partial charge is 0.337 e. The molecule has 0 radical (unpaired) electrons. The summed E-state index contributed by atoms with van der Waals surface area (Å²) in [5, 5.41) is 15.4. The number of nitrogens with one attached hydrogen (secondary N) is 1. The Morgan fingerprint density at radius 1 is 1.67 bits per heavy atom. The standard InChI is InChI=1S/C9H10N4O2/c1-6-10-8(12-11-6)5-13-3-2-7(4-13)9(14)15/h2-4H,5H2,1H3,(H,14,15)(H,10,11,12). The predicted octanol–water partition coefficient (Wildman–Crippen LogP) is 0.661. The Balaban J connectivity index is 2.14. The van der Waals surface area contributed by atoms with E-state index >= 15 is 0 Å². The SMILES string of the molecule is Cc1nc(Cn2ccc(C(=O)O)c2)n[nH]1. The van der Waals surface area contributed by atoms with Gasteiger partial charge in [-0.3, -0.25) is 5.10 Å². The fourth-order valence-corrected chi connectivity index (χ4v) is 1.29. The van der Waals surface area contributed by atoms with Crippen LogP contribution in [0.1, 0.15) is 22.0 Å². The van der Waals surface area contributed by atoms with Gasteiger partial charge < -0.3 is 9.67 Å². The molecule has 0 aliphatic heterocycles. The first-order valence-electron chi connectivity index (χ1n) is 4.42. The number of hydrogen-bond acceptors (Lipinski definition) is 3. The average molecular weight is 206 g/mol. The maximum absolute atomic E-state index is 10.6. The van der Waals surface area contributed by atoms with Gasteiger partial charge in [0.1, 0.15) is 5.82 Å². The van der Waals surface area contributed by atoms with E-state index in [4.69, 9.17) is 5.11 Å². The van der Waals surface area contributed by atoms with Crippen LogP contribution in [0.4, 0.5) is 0 Å². The fraction of sp³-hybridized carbons (Fsp3) is 0.222. The number of carboxylic acids is 1. The zero-order valence-corrected chi connectivity index (χ0v) is 8.14. The molecular formula is C9H10N4O2. The maximum Gasteiger partial charge on any atom is 0.337 e. The van der Waals surface area contributed by atoms with Crippen LogP contribution < -0.4 is 0 Å². The molecule has 0 amide bonds. The zero-order chi connectivity index (χ0) is 10.8. The number of rotatable bonds is 3. The first-order valence-corrected chi connectivity index (χ1v) is 4.42. The molecule has 0 saturated heterocycles. The van der Waals surface area contributed by atoms with E-state index in [1.807, 2.05) is 6.92 Å². The molecule has 6 nitrogen and oxygen atoms in total. The highest BCUT2D eigenvalue weighted by atomic mass is 16.4. The van der Waals surface area contributed by atoms with Crippen LogP contribution in [0.2, 0.25) is 0 Å². The Labute approximate surface area is 85.6 Å². The monoisotopic (exact) mass is 206 g/mol. The molecule has 2 aromatic heterocycles. The molecular weight excluding hydrogens is 196 g/mol. The van der Waals surface area contributed by atoms with E-state index in [9.17, 15) is 4.79 Å². The maximum atomic E-state index is 10.6. The molecule has 0 fully saturated rings. The van der Waals surface area contributed by atoms with Crippen LogP contribution in [0.3, 0.4) is 0 Å². The number of aromatic amines is 1. The lowest BCUT2D eigenvalue weighted by molar-refractivity contribution is 0.0697. The summed E-state index contributed by atoms with van der Waals surface area (Å²) in [6, 6.07) is 1.54. The molecule has 0 saturated carbocycles. The van der Waals surface area contributed by atoms with E-state index in [0.29, 0.717) is 12.4 Å². The van der Waals surface area contributed by atoms with E-state index in [2.05, 4.69) is 15.2 Å². The lowest BCUT2D eigenvalue weighted by Gasteiger charge is -1.96. The number of nitrogens with zero attached hydrogens (tertiary/aromatic N) is 3. The van der Waals surface area contributed by atoms with Crippen molar-refractivity contribution >= 4 is 5.97 Å². The molecule has 78 valence electrons. The second-order valence-corrected chi connectivity index (χ2v) is 3.21. The predicted molar refractivity (Wildman–Crippen MR) is 51.6 cm³/mol. The molecule has 2 N–H and O–H groups in total. The summed E-state index contributed by atoms with van der Waals surface area (Å²) in [7, 11) is 0. The van der Waals surface area contributed by atoms with Gasteiger partial charge in [-0.05, 0) is 13.0 Å². The minimum absolute atomic E-state index is 0.266. The molecule has 0 bridgehead atoms. The van der Waals surface area contributed by atoms with E-state index in [1.54, 1.807) is 23.0 Å². The van der Waals surface area contributed by atoms with Gasteiger partial charge >= 0.3 is 5.97 Å². The molecule has 0 atom stereocenters. The van der Waals surface area contributed by atoms with Crippen molar-refractivity contribution in [3.63, 3.8) is 0 Å². The van der Waals surface area contributed by atoms with Gasteiger partial charge in [0.05, 0.1) is 12.1 Å². The van der Waals surface area contributed by atoms with E-state index in [0.717, 1.165) is 5.82 Å². The summed E-state index contributed by atoms with van der Waals surface area (Å²) in [5.41, 5.74) is 0.266. The highest BCUT2D eigenvalue weighted by molar-refractivity contribution is 5.87. The van der Waals surface area contributed by atoms with Crippen LogP contribution in [-0.2, 0) is 6.54 Å². The summed E-state index contributed by atoms with van der Waals surface area (Å²) in [5.74, 6) is 0.454. The molecule has 0 unspecified atom stereocenters. The molecule has 6 heteroatoms. The zero-order valence-electron chi connectivity index (χ0n) is 8.14. The summed E-state index contributed by atoms with van der Waals surface area (Å²) in [4.78, 5) is 14.7.